The van der Waals surface area contributed by atoms with E-state index in [9.17, 15) is 5.11 Å². The summed E-state index contributed by atoms with van der Waals surface area (Å²) in [6.45, 7) is 0. The van der Waals surface area contributed by atoms with Gasteiger partial charge in [0.05, 0.1) is 18.2 Å². The molecule has 0 aliphatic heterocycles. The Kier molecular flexibility index (Phi) is 3.72. The van der Waals surface area contributed by atoms with Crippen LogP contribution in [0.3, 0.4) is 0 Å². The first-order chi connectivity index (χ1) is 9.17. The molecule has 3 rings (SSSR count). The number of aliphatic hydroxyl groups is 1. The third-order valence-electron chi connectivity index (χ3n) is 4.97. The first kappa shape index (κ1) is 13.3. The zero-order chi connectivity index (χ0) is 13.4. The normalized spacial score (nSPS) is 30.6. The molecule has 2 aliphatic carbocycles. The summed E-state index contributed by atoms with van der Waals surface area (Å²) < 4.78 is 5.21. The summed E-state index contributed by atoms with van der Waals surface area (Å²) in [7, 11) is 1.60. The van der Waals surface area contributed by atoms with Gasteiger partial charge in [-0.2, -0.15) is 0 Å². The highest BCUT2D eigenvalue weighted by molar-refractivity contribution is 6.32. The van der Waals surface area contributed by atoms with Crippen LogP contribution in [0.5, 0.6) is 5.75 Å². The quantitative estimate of drug-likeness (QED) is 0.895. The van der Waals surface area contributed by atoms with Crippen LogP contribution in [-0.2, 0) is 0 Å². The van der Waals surface area contributed by atoms with Gasteiger partial charge < -0.3 is 9.84 Å². The molecule has 0 amide bonds. The third-order valence-corrected chi connectivity index (χ3v) is 5.28. The molecule has 2 bridgehead atoms. The minimum Gasteiger partial charge on any atom is -0.495 e. The summed E-state index contributed by atoms with van der Waals surface area (Å²) in [5.41, 5.74) is 0.920. The third kappa shape index (κ3) is 2.61. The van der Waals surface area contributed by atoms with E-state index < -0.39 is 6.10 Å². The molecule has 2 aliphatic rings. The van der Waals surface area contributed by atoms with E-state index in [1.807, 2.05) is 12.1 Å². The molecular formula is C16H21ClO2. The van der Waals surface area contributed by atoms with Crippen molar-refractivity contribution in [2.24, 2.45) is 17.8 Å². The van der Waals surface area contributed by atoms with Crippen molar-refractivity contribution in [3.05, 3.63) is 28.8 Å². The number of rotatable bonds is 4. The van der Waals surface area contributed by atoms with E-state index in [0.717, 1.165) is 23.8 Å². The highest BCUT2D eigenvalue weighted by Gasteiger charge is 2.40. The van der Waals surface area contributed by atoms with Crippen LogP contribution in [0.2, 0.25) is 5.02 Å². The Bertz CT molecular complexity index is 460. The molecule has 19 heavy (non-hydrogen) atoms. The Hall–Kier alpha value is -0.730. The SMILES string of the molecule is COc1cc(C(O)CC2CC3CCC2C3)ccc1Cl. The van der Waals surface area contributed by atoms with Crippen LogP contribution in [-0.4, -0.2) is 12.2 Å². The van der Waals surface area contributed by atoms with Crippen molar-refractivity contribution in [1.82, 2.24) is 0 Å². The monoisotopic (exact) mass is 280 g/mol. The van der Waals surface area contributed by atoms with Gasteiger partial charge >= 0.3 is 0 Å². The van der Waals surface area contributed by atoms with Crippen molar-refractivity contribution in [3.63, 3.8) is 0 Å². The Morgan fingerprint density at radius 3 is 2.84 bits per heavy atom. The summed E-state index contributed by atoms with van der Waals surface area (Å²) in [5, 5.41) is 11.0. The second-order valence-electron chi connectivity index (χ2n) is 6.08. The van der Waals surface area contributed by atoms with E-state index in [-0.39, 0.29) is 0 Å². The smallest absolute Gasteiger partial charge is 0.137 e. The maximum Gasteiger partial charge on any atom is 0.137 e. The fourth-order valence-corrected chi connectivity index (χ4v) is 4.17. The topological polar surface area (TPSA) is 29.5 Å². The molecule has 1 aromatic carbocycles. The van der Waals surface area contributed by atoms with Crippen LogP contribution >= 0.6 is 11.6 Å². The standard InChI is InChI=1S/C16H21ClO2/c1-19-16-9-12(4-5-14(16)17)15(18)8-13-7-10-2-3-11(13)6-10/h4-5,9-11,13,15,18H,2-3,6-8H2,1H3. The Labute approximate surface area is 119 Å². The Balaban J connectivity index is 1.68. The van der Waals surface area contributed by atoms with Gasteiger partial charge in [0.15, 0.2) is 0 Å². The van der Waals surface area contributed by atoms with Crippen LogP contribution in [0.25, 0.3) is 0 Å². The minimum absolute atomic E-state index is 0.393. The second-order valence-corrected chi connectivity index (χ2v) is 6.49. The Morgan fingerprint density at radius 2 is 2.21 bits per heavy atom. The largest absolute Gasteiger partial charge is 0.495 e. The number of benzene rings is 1. The van der Waals surface area contributed by atoms with Gasteiger partial charge in [-0.1, -0.05) is 24.1 Å². The summed E-state index contributed by atoms with van der Waals surface area (Å²) >= 11 is 6.02. The maximum atomic E-state index is 10.4. The zero-order valence-corrected chi connectivity index (χ0v) is 12.1. The van der Waals surface area contributed by atoms with Crippen molar-refractivity contribution in [2.45, 2.75) is 38.2 Å². The second kappa shape index (κ2) is 5.34. The van der Waals surface area contributed by atoms with Gasteiger partial charge in [0.2, 0.25) is 0 Å². The van der Waals surface area contributed by atoms with Gasteiger partial charge in [-0.05, 0) is 61.1 Å². The highest BCUT2D eigenvalue weighted by atomic mass is 35.5. The fourth-order valence-electron chi connectivity index (χ4n) is 3.97. The number of ether oxygens (including phenoxy) is 1. The molecule has 1 N–H and O–H groups in total. The van der Waals surface area contributed by atoms with Gasteiger partial charge in [-0.25, -0.2) is 0 Å². The molecule has 0 aromatic heterocycles. The average molecular weight is 281 g/mol. The number of hydrogen-bond acceptors (Lipinski definition) is 2. The molecule has 0 spiro atoms. The predicted octanol–water partition coefficient (Wildman–Crippen LogP) is 4.21. The molecule has 1 aromatic rings. The number of hydrogen-bond donors (Lipinski definition) is 1. The summed E-state index contributed by atoms with van der Waals surface area (Å²) in [4.78, 5) is 0. The lowest BCUT2D eigenvalue weighted by Gasteiger charge is -2.24. The Morgan fingerprint density at radius 1 is 1.37 bits per heavy atom. The molecule has 3 heteroatoms. The summed E-state index contributed by atoms with van der Waals surface area (Å²) in [5.74, 6) is 3.14. The number of halogens is 1. The molecule has 0 saturated heterocycles. The zero-order valence-electron chi connectivity index (χ0n) is 11.3. The average Bonchev–Trinajstić information content (AvgIpc) is 3.01. The van der Waals surface area contributed by atoms with E-state index in [2.05, 4.69) is 0 Å². The predicted molar refractivity (Wildman–Crippen MR) is 76.5 cm³/mol. The number of fused-ring (bicyclic) bond motifs is 2. The van der Waals surface area contributed by atoms with E-state index in [1.165, 1.54) is 25.7 Å². The minimum atomic E-state index is -0.393. The molecular weight excluding hydrogens is 260 g/mol. The van der Waals surface area contributed by atoms with Crippen LogP contribution in [0.15, 0.2) is 18.2 Å². The van der Waals surface area contributed by atoms with Gasteiger partial charge in [-0.15, -0.1) is 0 Å². The lowest BCUT2D eigenvalue weighted by molar-refractivity contribution is 0.125. The van der Waals surface area contributed by atoms with Crippen molar-refractivity contribution in [2.75, 3.05) is 7.11 Å². The fraction of sp³-hybridized carbons (Fsp3) is 0.625. The number of methoxy groups -OCH3 is 1. The molecule has 0 heterocycles. The van der Waals surface area contributed by atoms with E-state index in [4.69, 9.17) is 16.3 Å². The maximum absolute atomic E-state index is 10.4. The van der Waals surface area contributed by atoms with Crippen LogP contribution in [0.4, 0.5) is 0 Å². The number of aliphatic hydroxyl groups excluding tert-OH is 1. The molecule has 2 nitrogen and oxygen atoms in total. The van der Waals surface area contributed by atoms with Gasteiger partial charge in [0, 0.05) is 0 Å². The molecule has 2 fully saturated rings. The summed E-state index contributed by atoms with van der Waals surface area (Å²) in [6, 6.07) is 5.57. The molecule has 2 saturated carbocycles. The summed E-state index contributed by atoms with van der Waals surface area (Å²) in [6.07, 6.45) is 5.97. The van der Waals surface area contributed by atoms with Crippen LogP contribution in [0, 0.1) is 17.8 Å². The van der Waals surface area contributed by atoms with Crippen LogP contribution in [0.1, 0.15) is 43.8 Å². The highest BCUT2D eigenvalue weighted by Crippen LogP contribution is 2.51. The van der Waals surface area contributed by atoms with Crippen LogP contribution < -0.4 is 4.74 Å². The van der Waals surface area contributed by atoms with Gasteiger partial charge in [-0.3, -0.25) is 0 Å². The van der Waals surface area contributed by atoms with Crippen molar-refractivity contribution >= 4 is 11.6 Å². The van der Waals surface area contributed by atoms with Crippen molar-refractivity contribution in [1.29, 1.82) is 0 Å². The first-order valence-electron chi connectivity index (χ1n) is 7.19. The van der Waals surface area contributed by atoms with E-state index in [0.29, 0.717) is 16.7 Å². The molecule has 4 unspecified atom stereocenters. The van der Waals surface area contributed by atoms with Gasteiger partial charge in [0.1, 0.15) is 5.75 Å². The van der Waals surface area contributed by atoms with Crippen molar-refractivity contribution < 1.29 is 9.84 Å². The van der Waals surface area contributed by atoms with E-state index >= 15 is 0 Å². The van der Waals surface area contributed by atoms with Crippen molar-refractivity contribution in [3.8, 4) is 5.75 Å². The molecule has 104 valence electrons. The molecule has 4 atom stereocenters. The lowest BCUT2D eigenvalue weighted by Crippen LogP contribution is -2.14. The molecule has 0 radical (unpaired) electrons. The van der Waals surface area contributed by atoms with Gasteiger partial charge in [0.25, 0.3) is 0 Å². The van der Waals surface area contributed by atoms with E-state index in [1.54, 1.807) is 13.2 Å². The lowest BCUT2D eigenvalue weighted by atomic mass is 9.83. The first-order valence-corrected chi connectivity index (χ1v) is 7.56.